The molecule has 0 unspecified atom stereocenters. The molecule has 0 spiro atoms. The van der Waals surface area contributed by atoms with E-state index in [9.17, 15) is 4.79 Å². The summed E-state index contributed by atoms with van der Waals surface area (Å²) in [4.78, 5) is 19.1. The number of aromatic nitrogens is 2. The summed E-state index contributed by atoms with van der Waals surface area (Å²) in [6, 6.07) is 0. The first-order valence-electron chi connectivity index (χ1n) is 4.70. The van der Waals surface area contributed by atoms with Gasteiger partial charge < -0.3 is 0 Å². The Morgan fingerprint density at radius 3 is 2.43 bits per heavy atom. The Kier molecular flexibility index (Phi) is 7.02. The van der Waals surface area contributed by atoms with Crippen LogP contribution in [0.25, 0.3) is 0 Å². The molecule has 1 heterocycles. The van der Waals surface area contributed by atoms with Gasteiger partial charge in [-0.3, -0.25) is 4.79 Å². The van der Waals surface area contributed by atoms with Crippen LogP contribution in [0.15, 0.2) is 17.4 Å². The van der Waals surface area contributed by atoms with Crippen LogP contribution < -0.4 is 0 Å². The van der Waals surface area contributed by atoms with Crippen molar-refractivity contribution < 1.29 is 4.79 Å². The average molecular weight is 212 g/mol. The third-order valence-corrected chi connectivity index (χ3v) is 2.14. The summed E-state index contributed by atoms with van der Waals surface area (Å²) in [5.41, 5.74) is 0.476. The van der Waals surface area contributed by atoms with Gasteiger partial charge in [0.2, 0.25) is 0 Å². The van der Waals surface area contributed by atoms with E-state index in [1.54, 1.807) is 6.20 Å². The van der Waals surface area contributed by atoms with Crippen LogP contribution in [-0.2, 0) is 0 Å². The minimum Gasteiger partial charge on any atom is -0.293 e. The Hall–Kier alpha value is -0.900. The molecule has 4 heteroatoms. The smallest absolute Gasteiger partial charge is 0.180 e. The Morgan fingerprint density at radius 2 is 1.93 bits per heavy atom. The van der Waals surface area contributed by atoms with Crippen LogP contribution in [0.5, 0.6) is 0 Å². The number of Topliss-reactive ketones (excluding diaryl/α,β-unsaturated/α-hetero) is 1. The SMILES string of the molecule is CC.CCSc1nccnc1C(C)=O. The maximum atomic E-state index is 11.0. The van der Waals surface area contributed by atoms with Crippen LogP contribution >= 0.6 is 11.8 Å². The average Bonchev–Trinajstić information content (AvgIpc) is 2.22. The first-order chi connectivity index (χ1) is 6.75. The molecule has 0 radical (unpaired) electrons. The zero-order chi connectivity index (χ0) is 11.0. The molecular weight excluding hydrogens is 196 g/mol. The van der Waals surface area contributed by atoms with Crippen LogP contribution in [0.4, 0.5) is 0 Å². The predicted molar refractivity (Wildman–Crippen MR) is 59.8 cm³/mol. The van der Waals surface area contributed by atoms with Crippen molar-refractivity contribution in [3.05, 3.63) is 18.1 Å². The van der Waals surface area contributed by atoms with Crippen molar-refractivity contribution in [2.45, 2.75) is 32.7 Å². The fourth-order valence-electron chi connectivity index (χ4n) is 0.809. The largest absolute Gasteiger partial charge is 0.293 e. The molecule has 0 amide bonds. The third kappa shape index (κ3) is 3.87. The second-order valence-electron chi connectivity index (χ2n) is 2.20. The summed E-state index contributed by atoms with van der Waals surface area (Å²) in [5, 5.41) is 0.729. The highest BCUT2D eigenvalue weighted by molar-refractivity contribution is 7.99. The van der Waals surface area contributed by atoms with Gasteiger partial charge in [-0.1, -0.05) is 20.8 Å². The molecule has 0 aliphatic carbocycles. The van der Waals surface area contributed by atoms with Gasteiger partial charge in [-0.2, -0.15) is 0 Å². The first kappa shape index (κ1) is 13.1. The number of carbonyl (C=O) groups excluding carboxylic acids is 1. The Labute approximate surface area is 89.4 Å². The number of thioether (sulfide) groups is 1. The van der Waals surface area contributed by atoms with Gasteiger partial charge in [0.05, 0.1) is 0 Å². The number of hydrogen-bond acceptors (Lipinski definition) is 4. The minimum atomic E-state index is -0.0287. The van der Waals surface area contributed by atoms with Crippen molar-refractivity contribution in [2.24, 2.45) is 0 Å². The van der Waals surface area contributed by atoms with Crippen molar-refractivity contribution in [3.63, 3.8) is 0 Å². The Bertz CT molecular complexity index is 289. The normalized spacial score (nSPS) is 8.86. The van der Waals surface area contributed by atoms with E-state index in [2.05, 4.69) is 9.97 Å². The van der Waals surface area contributed by atoms with Gasteiger partial charge in [0.1, 0.15) is 10.7 Å². The quantitative estimate of drug-likeness (QED) is 0.571. The van der Waals surface area contributed by atoms with Crippen molar-refractivity contribution in [2.75, 3.05) is 5.75 Å². The van der Waals surface area contributed by atoms with Crippen LogP contribution in [0.2, 0.25) is 0 Å². The van der Waals surface area contributed by atoms with Crippen LogP contribution in [0, 0.1) is 0 Å². The van der Waals surface area contributed by atoms with E-state index in [0.717, 1.165) is 10.8 Å². The summed E-state index contributed by atoms with van der Waals surface area (Å²) in [5.74, 6) is 0.873. The molecule has 0 aliphatic heterocycles. The number of rotatable bonds is 3. The zero-order valence-corrected chi connectivity index (χ0v) is 9.89. The van der Waals surface area contributed by atoms with Crippen LogP contribution in [0.1, 0.15) is 38.2 Å². The lowest BCUT2D eigenvalue weighted by Crippen LogP contribution is -2.00. The van der Waals surface area contributed by atoms with Gasteiger partial charge in [0, 0.05) is 19.3 Å². The Morgan fingerprint density at radius 1 is 1.36 bits per heavy atom. The maximum absolute atomic E-state index is 11.0. The van der Waals surface area contributed by atoms with Gasteiger partial charge in [-0.05, 0) is 5.75 Å². The second kappa shape index (κ2) is 7.50. The topological polar surface area (TPSA) is 42.9 Å². The van der Waals surface area contributed by atoms with Crippen LogP contribution in [-0.4, -0.2) is 21.5 Å². The van der Waals surface area contributed by atoms with Gasteiger partial charge in [0.25, 0.3) is 0 Å². The molecule has 14 heavy (non-hydrogen) atoms. The lowest BCUT2D eigenvalue weighted by molar-refractivity contribution is 0.100. The lowest BCUT2D eigenvalue weighted by Gasteiger charge is -2.00. The number of hydrogen-bond donors (Lipinski definition) is 0. The first-order valence-corrected chi connectivity index (χ1v) is 5.69. The van der Waals surface area contributed by atoms with Gasteiger partial charge in [-0.15, -0.1) is 11.8 Å². The third-order valence-electron chi connectivity index (χ3n) is 1.28. The maximum Gasteiger partial charge on any atom is 0.180 e. The molecule has 1 aromatic heterocycles. The zero-order valence-electron chi connectivity index (χ0n) is 9.07. The molecule has 0 saturated carbocycles. The molecule has 0 aromatic carbocycles. The highest BCUT2D eigenvalue weighted by Crippen LogP contribution is 2.17. The van der Waals surface area contributed by atoms with E-state index in [-0.39, 0.29) is 5.78 Å². The molecule has 1 rings (SSSR count). The number of nitrogens with zero attached hydrogens (tertiary/aromatic N) is 2. The number of carbonyl (C=O) groups is 1. The van der Waals surface area contributed by atoms with Gasteiger partial charge in [-0.25, -0.2) is 9.97 Å². The molecule has 0 N–H and O–H groups in total. The van der Waals surface area contributed by atoms with Gasteiger partial charge in [0.15, 0.2) is 5.78 Å². The molecule has 1 aromatic rings. The van der Waals surface area contributed by atoms with Crippen molar-refractivity contribution in [1.29, 1.82) is 0 Å². The van der Waals surface area contributed by atoms with E-state index in [1.165, 1.54) is 24.9 Å². The van der Waals surface area contributed by atoms with Crippen molar-refractivity contribution >= 4 is 17.5 Å². The van der Waals surface area contributed by atoms with E-state index < -0.39 is 0 Å². The van der Waals surface area contributed by atoms with Crippen LogP contribution in [0.3, 0.4) is 0 Å². The lowest BCUT2D eigenvalue weighted by atomic mass is 10.3. The summed E-state index contributed by atoms with van der Waals surface area (Å²) in [6.45, 7) is 7.52. The molecular formula is C10H16N2OS. The molecule has 0 saturated heterocycles. The second-order valence-corrected chi connectivity index (χ2v) is 3.45. The monoisotopic (exact) mass is 212 g/mol. The predicted octanol–water partition coefficient (Wildman–Crippen LogP) is 2.82. The molecule has 0 atom stereocenters. The fourth-order valence-corrected chi connectivity index (χ4v) is 1.55. The van der Waals surface area contributed by atoms with E-state index in [1.807, 2.05) is 20.8 Å². The molecule has 78 valence electrons. The van der Waals surface area contributed by atoms with Crippen molar-refractivity contribution in [3.8, 4) is 0 Å². The molecule has 0 fully saturated rings. The summed E-state index contributed by atoms with van der Waals surface area (Å²) >= 11 is 1.54. The van der Waals surface area contributed by atoms with E-state index in [0.29, 0.717) is 5.69 Å². The van der Waals surface area contributed by atoms with E-state index in [4.69, 9.17) is 0 Å². The van der Waals surface area contributed by atoms with Gasteiger partial charge >= 0.3 is 0 Å². The molecule has 3 nitrogen and oxygen atoms in total. The number of ketones is 1. The molecule has 0 bridgehead atoms. The molecule has 0 aliphatic rings. The van der Waals surface area contributed by atoms with E-state index >= 15 is 0 Å². The highest BCUT2D eigenvalue weighted by atomic mass is 32.2. The standard InChI is InChI=1S/C8H10N2OS.C2H6/c1-3-12-8-7(6(2)11)9-4-5-10-8;1-2/h4-5H,3H2,1-2H3;1-2H3. The summed E-state index contributed by atoms with van der Waals surface area (Å²) in [6.07, 6.45) is 3.14. The Balaban J connectivity index is 0.000000791. The van der Waals surface area contributed by atoms with Crippen molar-refractivity contribution in [1.82, 2.24) is 9.97 Å². The fraction of sp³-hybridized carbons (Fsp3) is 0.500. The minimum absolute atomic E-state index is 0.0287. The summed E-state index contributed by atoms with van der Waals surface area (Å²) in [7, 11) is 0. The summed E-state index contributed by atoms with van der Waals surface area (Å²) < 4.78 is 0. The highest BCUT2D eigenvalue weighted by Gasteiger charge is 2.08.